The van der Waals surface area contributed by atoms with Crippen LogP contribution in [0.25, 0.3) is 0 Å². The molecule has 0 amide bonds. The minimum atomic E-state index is -3.64. The summed E-state index contributed by atoms with van der Waals surface area (Å²) in [6.07, 6.45) is 0. The lowest BCUT2D eigenvalue weighted by molar-refractivity contribution is 0.414. The molecule has 1 aromatic rings. The van der Waals surface area contributed by atoms with E-state index in [1.54, 1.807) is 32.0 Å². The van der Waals surface area contributed by atoms with Crippen LogP contribution in [-0.2, 0) is 10.2 Å². The van der Waals surface area contributed by atoms with Gasteiger partial charge >= 0.3 is 10.2 Å². The lowest BCUT2D eigenvalue weighted by Crippen LogP contribution is -2.37. The van der Waals surface area contributed by atoms with Crippen molar-refractivity contribution in [1.29, 1.82) is 5.26 Å². The molecule has 1 N–H and O–H groups in total. The molecule has 0 radical (unpaired) electrons. The number of benzene rings is 1. The van der Waals surface area contributed by atoms with E-state index in [1.807, 2.05) is 6.07 Å². The number of halogens is 1. The Morgan fingerprint density at radius 3 is 2.56 bits per heavy atom. The molecule has 0 heterocycles. The van der Waals surface area contributed by atoms with Crippen LogP contribution in [-0.4, -0.2) is 25.8 Å². The van der Waals surface area contributed by atoms with Crippen molar-refractivity contribution in [2.24, 2.45) is 0 Å². The molecular weight excluding hydrogens is 318 g/mol. The maximum absolute atomic E-state index is 12.0. The Labute approximate surface area is 116 Å². The van der Waals surface area contributed by atoms with Gasteiger partial charge in [-0.25, -0.2) is 0 Å². The summed E-state index contributed by atoms with van der Waals surface area (Å²) < 4.78 is 28.3. The number of rotatable bonds is 4. The van der Waals surface area contributed by atoms with Crippen molar-refractivity contribution in [3.05, 3.63) is 28.2 Å². The van der Waals surface area contributed by atoms with Gasteiger partial charge in [-0.2, -0.15) is 18.0 Å². The monoisotopic (exact) mass is 331 g/mol. The van der Waals surface area contributed by atoms with Gasteiger partial charge in [0.1, 0.15) is 6.07 Å². The van der Waals surface area contributed by atoms with Crippen molar-refractivity contribution in [2.75, 3.05) is 11.8 Å². The minimum absolute atomic E-state index is 0.163. The zero-order valence-electron chi connectivity index (χ0n) is 10.3. The lowest BCUT2D eigenvalue weighted by atomic mass is 10.2. The predicted octanol–water partition coefficient (Wildman–Crippen LogP) is 2.32. The maximum Gasteiger partial charge on any atom is 0.301 e. The molecular formula is C11H14BrN3O2S. The molecule has 0 unspecified atom stereocenters. The lowest BCUT2D eigenvalue weighted by Gasteiger charge is -2.22. The number of hydrogen-bond donors (Lipinski definition) is 1. The standard InChI is InChI=1S/C11H14BrN3O2S/c1-8(2)15(3)18(16,17)14-11-5-4-10(12)6-9(11)7-13/h4-6,8,14H,1-3H3. The third-order valence-corrected chi connectivity index (χ3v) is 4.60. The van der Waals surface area contributed by atoms with Gasteiger partial charge in [0.25, 0.3) is 0 Å². The molecule has 0 fully saturated rings. The van der Waals surface area contributed by atoms with Crippen LogP contribution in [0, 0.1) is 11.3 Å². The highest BCUT2D eigenvalue weighted by Crippen LogP contribution is 2.22. The number of nitrogens with one attached hydrogen (secondary N) is 1. The average molecular weight is 332 g/mol. The zero-order chi connectivity index (χ0) is 13.9. The van der Waals surface area contributed by atoms with Gasteiger partial charge in [-0.1, -0.05) is 15.9 Å². The van der Waals surface area contributed by atoms with Gasteiger partial charge in [0, 0.05) is 17.6 Å². The van der Waals surface area contributed by atoms with Gasteiger partial charge in [-0.3, -0.25) is 4.72 Å². The topological polar surface area (TPSA) is 73.2 Å². The molecule has 1 rings (SSSR count). The molecule has 98 valence electrons. The first kappa shape index (κ1) is 15.0. The molecule has 0 saturated heterocycles. The average Bonchev–Trinajstić information content (AvgIpc) is 2.30. The van der Waals surface area contributed by atoms with Crippen LogP contribution < -0.4 is 4.72 Å². The van der Waals surface area contributed by atoms with Crippen LogP contribution in [0.4, 0.5) is 5.69 Å². The van der Waals surface area contributed by atoms with E-state index in [0.29, 0.717) is 0 Å². The molecule has 7 heteroatoms. The Morgan fingerprint density at radius 1 is 1.44 bits per heavy atom. The highest BCUT2D eigenvalue weighted by atomic mass is 79.9. The van der Waals surface area contributed by atoms with Crippen molar-refractivity contribution < 1.29 is 8.42 Å². The SMILES string of the molecule is CC(C)N(C)S(=O)(=O)Nc1ccc(Br)cc1C#N. The molecule has 0 aliphatic heterocycles. The van der Waals surface area contributed by atoms with Gasteiger partial charge in [0.05, 0.1) is 11.3 Å². The van der Waals surface area contributed by atoms with Crippen molar-refractivity contribution in [3.8, 4) is 6.07 Å². The van der Waals surface area contributed by atoms with Crippen LogP contribution in [0.3, 0.4) is 0 Å². The third-order valence-electron chi connectivity index (χ3n) is 2.45. The van der Waals surface area contributed by atoms with Gasteiger partial charge in [0.2, 0.25) is 0 Å². The number of anilines is 1. The van der Waals surface area contributed by atoms with Crippen molar-refractivity contribution in [1.82, 2.24) is 4.31 Å². The summed E-state index contributed by atoms with van der Waals surface area (Å²) >= 11 is 3.23. The quantitative estimate of drug-likeness (QED) is 0.920. The van der Waals surface area contributed by atoms with Gasteiger partial charge in [0.15, 0.2) is 0 Å². The normalized spacial score (nSPS) is 11.6. The second-order valence-electron chi connectivity index (χ2n) is 4.02. The fourth-order valence-corrected chi connectivity index (χ4v) is 2.70. The van der Waals surface area contributed by atoms with E-state index < -0.39 is 10.2 Å². The Hall–Kier alpha value is -1.10. The van der Waals surface area contributed by atoms with E-state index in [9.17, 15) is 8.42 Å². The van der Waals surface area contributed by atoms with E-state index in [0.717, 1.165) is 4.47 Å². The predicted molar refractivity (Wildman–Crippen MR) is 74.3 cm³/mol. The molecule has 0 atom stereocenters. The molecule has 0 bridgehead atoms. The van der Waals surface area contributed by atoms with E-state index in [4.69, 9.17) is 5.26 Å². The Balaban J connectivity index is 3.10. The summed E-state index contributed by atoms with van der Waals surface area (Å²) in [5.41, 5.74) is 0.540. The smallest absolute Gasteiger partial charge is 0.270 e. The summed E-state index contributed by atoms with van der Waals surface area (Å²) in [6.45, 7) is 3.54. The van der Waals surface area contributed by atoms with Gasteiger partial charge in [-0.05, 0) is 32.0 Å². The molecule has 0 aliphatic carbocycles. The summed E-state index contributed by atoms with van der Waals surface area (Å²) in [4.78, 5) is 0. The van der Waals surface area contributed by atoms with Crippen LogP contribution in [0.1, 0.15) is 19.4 Å². The summed E-state index contributed by atoms with van der Waals surface area (Å²) in [7, 11) is -2.16. The number of hydrogen-bond acceptors (Lipinski definition) is 3. The van der Waals surface area contributed by atoms with Gasteiger partial charge in [-0.15, -0.1) is 0 Å². The Morgan fingerprint density at radius 2 is 2.06 bits per heavy atom. The maximum atomic E-state index is 12.0. The fourth-order valence-electron chi connectivity index (χ4n) is 1.19. The first-order chi connectivity index (χ1) is 8.27. The number of nitriles is 1. The van der Waals surface area contributed by atoms with Crippen LogP contribution >= 0.6 is 15.9 Å². The van der Waals surface area contributed by atoms with E-state index >= 15 is 0 Å². The largest absolute Gasteiger partial charge is 0.301 e. The fraction of sp³-hybridized carbons (Fsp3) is 0.364. The summed E-state index contributed by atoms with van der Waals surface area (Å²) in [5, 5.41) is 8.97. The van der Waals surface area contributed by atoms with E-state index in [-0.39, 0.29) is 17.3 Å². The molecule has 0 aliphatic rings. The molecule has 0 aromatic heterocycles. The van der Waals surface area contributed by atoms with Crippen LogP contribution in [0.15, 0.2) is 22.7 Å². The second-order valence-corrected chi connectivity index (χ2v) is 6.66. The first-order valence-electron chi connectivity index (χ1n) is 5.23. The van der Waals surface area contributed by atoms with Crippen molar-refractivity contribution in [2.45, 2.75) is 19.9 Å². The van der Waals surface area contributed by atoms with Gasteiger partial charge < -0.3 is 0 Å². The van der Waals surface area contributed by atoms with E-state index in [1.165, 1.54) is 11.4 Å². The first-order valence-corrected chi connectivity index (χ1v) is 7.46. The molecule has 18 heavy (non-hydrogen) atoms. The van der Waals surface area contributed by atoms with E-state index in [2.05, 4.69) is 20.7 Å². The number of nitrogens with zero attached hydrogens (tertiary/aromatic N) is 2. The Bertz CT molecular complexity index is 578. The molecule has 0 spiro atoms. The summed E-state index contributed by atoms with van der Waals surface area (Å²) in [6, 6.07) is 6.58. The molecule has 5 nitrogen and oxygen atoms in total. The van der Waals surface area contributed by atoms with Crippen molar-refractivity contribution in [3.63, 3.8) is 0 Å². The highest BCUT2D eigenvalue weighted by molar-refractivity contribution is 9.10. The van der Waals surface area contributed by atoms with Crippen molar-refractivity contribution >= 4 is 31.8 Å². The highest BCUT2D eigenvalue weighted by Gasteiger charge is 2.21. The van der Waals surface area contributed by atoms with Crippen LogP contribution in [0.2, 0.25) is 0 Å². The third kappa shape index (κ3) is 3.45. The second kappa shape index (κ2) is 5.69. The molecule has 0 saturated carbocycles. The zero-order valence-corrected chi connectivity index (χ0v) is 12.7. The Kier molecular flexibility index (Phi) is 4.73. The molecule has 1 aromatic carbocycles. The van der Waals surface area contributed by atoms with Crippen LogP contribution in [0.5, 0.6) is 0 Å². The summed E-state index contributed by atoms with van der Waals surface area (Å²) in [5.74, 6) is 0. The minimum Gasteiger partial charge on any atom is -0.270 e.